The third kappa shape index (κ3) is 3.55. The van der Waals surface area contributed by atoms with Crippen LogP contribution in [0.4, 0.5) is 0 Å². The second-order valence-electron chi connectivity index (χ2n) is 4.02. The first-order chi connectivity index (χ1) is 7.10. The van der Waals surface area contributed by atoms with Crippen molar-refractivity contribution in [1.29, 1.82) is 0 Å². The van der Waals surface area contributed by atoms with Gasteiger partial charge >= 0.3 is 0 Å². The lowest BCUT2D eigenvalue weighted by Gasteiger charge is -2.19. The maximum Gasteiger partial charge on any atom is 0.124 e. The van der Waals surface area contributed by atoms with Gasteiger partial charge in [0.2, 0.25) is 0 Å². The van der Waals surface area contributed by atoms with E-state index in [1.807, 2.05) is 20.0 Å². The number of nitrogens with one attached hydrogen (secondary N) is 1. The van der Waals surface area contributed by atoms with Gasteiger partial charge in [-0.15, -0.1) is 11.3 Å². The Morgan fingerprint density at radius 1 is 1.53 bits per heavy atom. The van der Waals surface area contributed by atoms with E-state index in [1.165, 1.54) is 4.88 Å². The van der Waals surface area contributed by atoms with E-state index in [2.05, 4.69) is 17.2 Å². The van der Waals surface area contributed by atoms with Gasteiger partial charge in [0.15, 0.2) is 0 Å². The average Bonchev–Trinajstić information content (AvgIpc) is 2.68. The minimum absolute atomic E-state index is 0.270. The van der Waals surface area contributed by atoms with Crippen molar-refractivity contribution in [3.63, 3.8) is 0 Å². The number of ether oxygens (including phenoxy) is 1. The largest absolute Gasteiger partial charge is 0.372 e. The van der Waals surface area contributed by atoms with Crippen LogP contribution in [0.3, 0.4) is 0 Å². The Bertz CT molecular complexity index is 297. The smallest absolute Gasteiger partial charge is 0.124 e. The van der Waals surface area contributed by atoms with Gasteiger partial charge in [0, 0.05) is 24.7 Å². The summed E-state index contributed by atoms with van der Waals surface area (Å²) in [6.07, 6.45) is 3.10. The lowest BCUT2D eigenvalue weighted by atomic mass is 10.1. The summed E-state index contributed by atoms with van der Waals surface area (Å²) in [6.45, 7) is 8.20. The molecule has 0 amide bonds. The van der Waals surface area contributed by atoms with E-state index in [9.17, 15) is 0 Å². The van der Waals surface area contributed by atoms with Crippen molar-refractivity contribution in [1.82, 2.24) is 10.3 Å². The fourth-order valence-electron chi connectivity index (χ4n) is 1.14. The molecule has 86 valence electrons. The molecule has 0 unspecified atom stereocenters. The lowest BCUT2D eigenvalue weighted by molar-refractivity contribution is 0.0190. The number of hydrogen-bond acceptors (Lipinski definition) is 4. The molecule has 0 aliphatic heterocycles. The minimum Gasteiger partial charge on any atom is -0.372 e. The minimum atomic E-state index is -0.270. The number of thiazole rings is 1. The average molecular weight is 228 g/mol. The Balaban J connectivity index is 2.56. The van der Waals surface area contributed by atoms with E-state index in [0.717, 1.165) is 24.5 Å². The van der Waals surface area contributed by atoms with Gasteiger partial charge in [-0.2, -0.15) is 0 Å². The lowest BCUT2D eigenvalue weighted by Crippen LogP contribution is -2.18. The standard InChI is InChI=1S/C11H20N2OS/c1-5-6-12-7-9-8-13-10(15-9)11(2,3)14-4/h8,12H,5-7H2,1-4H3. The zero-order valence-electron chi connectivity index (χ0n) is 9.96. The number of nitrogens with zero attached hydrogens (tertiary/aromatic N) is 1. The highest BCUT2D eigenvalue weighted by molar-refractivity contribution is 7.11. The van der Waals surface area contributed by atoms with Crippen molar-refractivity contribution in [2.45, 2.75) is 39.3 Å². The molecule has 1 rings (SSSR count). The quantitative estimate of drug-likeness (QED) is 0.760. The van der Waals surface area contributed by atoms with E-state index in [1.54, 1.807) is 18.4 Å². The predicted octanol–water partition coefficient (Wildman–Crippen LogP) is 2.52. The topological polar surface area (TPSA) is 34.2 Å². The van der Waals surface area contributed by atoms with Crippen LogP contribution < -0.4 is 5.32 Å². The van der Waals surface area contributed by atoms with Gasteiger partial charge in [-0.25, -0.2) is 4.98 Å². The summed E-state index contributed by atoms with van der Waals surface area (Å²) in [7, 11) is 1.72. The molecule has 0 saturated heterocycles. The van der Waals surface area contributed by atoms with Crippen LogP contribution in [-0.4, -0.2) is 18.6 Å². The molecule has 15 heavy (non-hydrogen) atoms. The van der Waals surface area contributed by atoms with Gasteiger partial charge in [-0.1, -0.05) is 6.92 Å². The Kier molecular flexibility index (Phi) is 4.70. The van der Waals surface area contributed by atoms with Gasteiger partial charge in [-0.05, 0) is 26.8 Å². The van der Waals surface area contributed by atoms with Gasteiger partial charge in [-0.3, -0.25) is 0 Å². The molecule has 0 spiro atoms. The van der Waals surface area contributed by atoms with Gasteiger partial charge in [0.05, 0.1) is 0 Å². The molecule has 1 heterocycles. The summed E-state index contributed by atoms with van der Waals surface area (Å²) in [5, 5.41) is 4.40. The molecule has 0 saturated carbocycles. The van der Waals surface area contributed by atoms with Crippen molar-refractivity contribution in [2.24, 2.45) is 0 Å². The normalized spacial score (nSPS) is 12.0. The summed E-state index contributed by atoms with van der Waals surface area (Å²) in [5.74, 6) is 0. The molecule has 1 N–H and O–H groups in total. The van der Waals surface area contributed by atoms with Crippen LogP contribution in [0.15, 0.2) is 6.20 Å². The Hall–Kier alpha value is -0.450. The fraction of sp³-hybridized carbons (Fsp3) is 0.727. The van der Waals surface area contributed by atoms with Crippen LogP contribution in [0, 0.1) is 0 Å². The summed E-state index contributed by atoms with van der Waals surface area (Å²) in [6, 6.07) is 0. The maximum absolute atomic E-state index is 5.39. The Morgan fingerprint density at radius 2 is 2.27 bits per heavy atom. The Morgan fingerprint density at radius 3 is 2.87 bits per heavy atom. The van der Waals surface area contributed by atoms with Crippen LogP contribution in [0.25, 0.3) is 0 Å². The number of aromatic nitrogens is 1. The highest BCUT2D eigenvalue weighted by atomic mass is 32.1. The van der Waals surface area contributed by atoms with Crippen molar-refractivity contribution in [3.8, 4) is 0 Å². The predicted molar refractivity (Wildman–Crippen MR) is 64.1 cm³/mol. The van der Waals surface area contributed by atoms with Crippen molar-refractivity contribution < 1.29 is 4.74 Å². The van der Waals surface area contributed by atoms with Gasteiger partial charge in [0.25, 0.3) is 0 Å². The number of hydrogen-bond donors (Lipinski definition) is 1. The van der Waals surface area contributed by atoms with E-state index >= 15 is 0 Å². The maximum atomic E-state index is 5.39. The Labute approximate surface area is 95.9 Å². The second kappa shape index (κ2) is 5.58. The van der Waals surface area contributed by atoms with E-state index < -0.39 is 0 Å². The van der Waals surface area contributed by atoms with Gasteiger partial charge in [0.1, 0.15) is 10.6 Å². The summed E-state index contributed by atoms with van der Waals surface area (Å²) in [5.41, 5.74) is -0.270. The van der Waals surface area contributed by atoms with Crippen molar-refractivity contribution in [2.75, 3.05) is 13.7 Å². The summed E-state index contributed by atoms with van der Waals surface area (Å²) in [4.78, 5) is 5.66. The molecule has 0 bridgehead atoms. The third-order valence-corrected chi connectivity index (χ3v) is 3.61. The second-order valence-corrected chi connectivity index (χ2v) is 5.14. The zero-order chi connectivity index (χ0) is 11.3. The molecular formula is C11H20N2OS. The monoisotopic (exact) mass is 228 g/mol. The molecular weight excluding hydrogens is 208 g/mol. The SMILES string of the molecule is CCCNCc1cnc(C(C)(C)OC)s1. The fourth-order valence-corrected chi connectivity index (χ4v) is 2.11. The first-order valence-corrected chi connectivity index (χ1v) is 6.13. The highest BCUT2D eigenvalue weighted by Gasteiger charge is 2.23. The molecule has 0 atom stereocenters. The van der Waals surface area contributed by atoms with Crippen LogP contribution in [0.5, 0.6) is 0 Å². The molecule has 1 aromatic heterocycles. The van der Waals surface area contributed by atoms with E-state index in [0.29, 0.717) is 0 Å². The van der Waals surface area contributed by atoms with Gasteiger partial charge < -0.3 is 10.1 Å². The highest BCUT2D eigenvalue weighted by Crippen LogP contribution is 2.27. The summed E-state index contributed by atoms with van der Waals surface area (Å²) < 4.78 is 5.39. The van der Waals surface area contributed by atoms with Crippen LogP contribution in [-0.2, 0) is 16.9 Å². The van der Waals surface area contributed by atoms with E-state index in [4.69, 9.17) is 4.74 Å². The zero-order valence-corrected chi connectivity index (χ0v) is 10.8. The number of methoxy groups -OCH3 is 1. The molecule has 0 aliphatic rings. The molecule has 0 aromatic carbocycles. The van der Waals surface area contributed by atoms with Crippen molar-refractivity contribution in [3.05, 3.63) is 16.1 Å². The van der Waals surface area contributed by atoms with Crippen LogP contribution in [0.2, 0.25) is 0 Å². The number of rotatable bonds is 6. The van der Waals surface area contributed by atoms with Crippen LogP contribution >= 0.6 is 11.3 Å². The molecule has 0 aliphatic carbocycles. The first kappa shape index (κ1) is 12.6. The molecule has 3 nitrogen and oxygen atoms in total. The van der Waals surface area contributed by atoms with E-state index in [-0.39, 0.29) is 5.60 Å². The molecule has 1 aromatic rings. The summed E-state index contributed by atoms with van der Waals surface area (Å²) >= 11 is 1.72. The molecule has 4 heteroatoms. The van der Waals surface area contributed by atoms with Crippen LogP contribution in [0.1, 0.15) is 37.1 Å². The first-order valence-electron chi connectivity index (χ1n) is 5.31. The molecule has 0 fully saturated rings. The van der Waals surface area contributed by atoms with Crippen molar-refractivity contribution >= 4 is 11.3 Å². The third-order valence-electron chi connectivity index (χ3n) is 2.30. The molecule has 0 radical (unpaired) electrons.